The highest BCUT2D eigenvalue weighted by Crippen LogP contribution is 2.21. The number of carbonyl (C=O) groups excluding carboxylic acids is 1. The summed E-state index contributed by atoms with van der Waals surface area (Å²) < 4.78 is 18.5. The molecule has 1 aliphatic carbocycles. The Kier molecular flexibility index (Phi) is 4.07. The van der Waals surface area contributed by atoms with Crippen LogP contribution in [0.5, 0.6) is 0 Å². The summed E-state index contributed by atoms with van der Waals surface area (Å²) in [4.78, 5) is 14.3. The van der Waals surface area contributed by atoms with Crippen molar-refractivity contribution in [3.8, 4) is 0 Å². The van der Waals surface area contributed by atoms with Crippen LogP contribution in [-0.4, -0.2) is 42.6 Å². The van der Waals surface area contributed by atoms with Crippen LogP contribution in [0.2, 0.25) is 0 Å². The van der Waals surface area contributed by atoms with Crippen molar-refractivity contribution in [2.75, 3.05) is 25.5 Å². The highest BCUT2D eigenvalue weighted by atomic mass is 19.1. The van der Waals surface area contributed by atoms with Crippen molar-refractivity contribution in [2.24, 2.45) is 0 Å². The van der Waals surface area contributed by atoms with Gasteiger partial charge in [0, 0.05) is 24.8 Å². The minimum Gasteiger partial charge on any atom is -0.398 e. The summed E-state index contributed by atoms with van der Waals surface area (Å²) in [5, 5.41) is 3.01. The molecule has 6 heteroatoms. The number of morpholine rings is 1. The fourth-order valence-corrected chi connectivity index (χ4v) is 2.52. The summed E-state index contributed by atoms with van der Waals surface area (Å²) in [6.45, 7) is 2.17. The molecule has 1 aliphatic heterocycles. The standard InChI is InChI=1S/C15H20FN3O2/c16-11-2-1-10(13(17)7-11)8-19-5-6-21-9-14(19)15(20)18-12-3-4-12/h1-2,7,12,14H,3-6,8-9,17H2,(H,18,20). The first-order valence-electron chi connectivity index (χ1n) is 7.29. The van der Waals surface area contributed by atoms with Gasteiger partial charge in [-0.1, -0.05) is 6.07 Å². The number of nitrogens with two attached hydrogens (primary N) is 1. The molecule has 1 aromatic carbocycles. The van der Waals surface area contributed by atoms with E-state index in [0.717, 1.165) is 18.4 Å². The molecule has 0 radical (unpaired) electrons. The summed E-state index contributed by atoms with van der Waals surface area (Å²) in [6, 6.07) is 4.41. The second kappa shape index (κ2) is 5.99. The Morgan fingerprint density at radius 3 is 3.00 bits per heavy atom. The summed E-state index contributed by atoms with van der Waals surface area (Å²) in [6.07, 6.45) is 2.12. The molecule has 0 spiro atoms. The summed E-state index contributed by atoms with van der Waals surface area (Å²) in [5.41, 5.74) is 7.11. The van der Waals surface area contributed by atoms with Crippen LogP contribution < -0.4 is 11.1 Å². The molecule has 5 nitrogen and oxygen atoms in total. The maximum absolute atomic E-state index is 13.1. The predicted molar refractivity (Wildman–Crippen MR) is 77.0 cm³/mol. The van der Waals surface area contributed by atoms with E-state index < -0.39 is 0 Å². The van der Waals surface area contributed by atoms with E-state index in [4.69, 9.17) is 10.5 Å². The van der Waals surface area contributed by atoms with Crippen molar-refractivity contribution in [3.05, 3.63) is 29.6 Å². The smallest absolute Gasteiger partial charge is 0.239 e. The quantitative estimate of drug-likeness (QED) is 0.809. The van der Waals surface area contributed by atoms with Gasteiger partial charge in [0.25, 0.3) is 0 Å². The van der Waals surface area contributed by atoms with E-state index in [-0.39, 0.29) is 17.8 Å². The molecule has 1 unspecified atom stereocenters. The zero-order valence-corrected chi connectivity index (χ0v) is 11.8. The Hall–Kier alpha value is -1.66. The lowest BCUT2D eigenvalue weighted by molar-refractivity contribution is -0.133. The Balaban J connectivity index is 1.69. The van der Waals surface area contributed by atoms with Crippen LogP contribution in [0, 0.1) is 5.82 Å². The summed E-state index contributed by atoms with van der Waals surface area (Å²) >= 11 is 0. The van der Waals surface area contributed by atoms with E-state index >= 15 is 0 Å². The number of hydrogen-bond acceptors (Lipinski definition) is 4. The van der Waals surface area contributed by atoms with E-state index in [2.05, 4.69) is 5.32 Å². The van der Waals surface area contributed by atoms with Crippen molar-refractivity contribution < 1.29 is 13.9 Å². The number of benzene rings is 1. The Labute approximate surface area is 123 Å². The Morgan fingerprint density at radius 2 is 2.29 bits per heavy atom. The average molecular weight is 293 g/mol. The predicted octanol–water partition coefficient (Wildman–Crippen LogP) is 0.887. The molecule has 1 heterocycles. The highest BCUT2D eigenvalue weighted by Gasteiger charge is 2.33. The molecular weight excluding hydrogens is 273 g/mol. The topological polar surface area (TPSA) is 67.6 Å². The lowest BCUT2D eigenvalue weighted by Crippen LogP contribution is -2.53. The molecular formula is C15H20FN3O2. The first-order chi connectivity index (χ1) is 10.1. The SMILES string of the molecule is Nc1cc(F)ccc1CN1CCOCC1C(=O)NC1CC1. The van der Waals surface area contributed by atoms with Gasteiger partial charge >= 0.3 is 0 Å². The number of halogens is 1. The number of rotatable bonds is 4. The van der Waals surface area contributed by atoms with Crippen LogP contribution in [0.3, 0.4) is 0 Å². The van der Waals surface area contributed by atoms with E-state index in [9.17, 15) is 9.18 Å². The Morgan fingerprint density at radius 1 is 1.48 bits per heavy atom. The van der Waals surface area contributed by atoms with Crippen LogP contribution in [-0.2, 0) is 16.1 Å². The molecule has 1 atom stereocenters. The van der Waals surface area contributed by atoms with Gasteiger partial charge in [0.1, 0.15) is 11.9 Å². The zero-order chi connectivity index (χ0) is 14.8. The molecule has 3 rings (SSSR count). The second-order valence-electron chi connectivity index (χ2n) is 5.69. The van der Waals surface area contributed by atoms with E-state index in [1.807, 2.05) is 4.90 Å². The van der Waals surface area contributed by atoms with Gasteiger partial charge in [0.05, 0.1) is 13.2 Å². The molecule has 0 bridgehead atoms. The fraction of sp³-hybridized carbons (Fsp3) is 0.533. The van der Waals surface area contributed by atoms with Crippen LogP contribution in [0.15, 0.2) is 18.2 Å². The van der Waals surface area contributed by atoms with Crippen LogP contribution in [0.1, 0.15) is 18.4 Å². The lowest BCUT2D eigenvalue weighted by atomic mass is 10.1. The molecule has 1 saturated carbocycles. The Bertz CT molecular complexity index is 534. The van der Waals surface area contributed by atoms with Crippen LogP contribution in [0.25, 0.3) is 0 Å². The molecule has 114 valence electrons. The largest absolute Gasteiger partial charge is 0.398 e. The minimum absolute atomic E-state index is 0.0119. The molecule has 0 aromatic heterocycles. The van der Waals surface area contributed by atoms with Gasteiger partial charge in [-0.15, -0.1) is 0 Å². The maximum Gasteiger partial charge on any atom is 0.239 e. The van der Waals surface area contributed by atoms with Gasteiger partial charge in [0.15, 0.2) is 0 Å². The first kappa shape index (κ1) is 14.3. The summed E-state index contributed by atoms with van der Waals surface area (Å²) in [5.74, 6) is -0.334. The molecule has 1 amide bonds. The van der Waals surface area contributed by atoms with Gasteiger partial charge in [0.2, 0.25) is 5.91 Å². The first-order valence-corrected chi connectivity index (χ1v) is 7.29. The lowest BCUT2D eigenvalue weighted by Gasteiger charge is -2.34. The fourth-order valence-electron chi connectivity index (χ4n) is 2.52. The van der Waals surface area contributed by atoms with Gasteiger partial charge in [-0.2, -0.15) is 0 Å². The van der Waals surface area contributed by atoms with Gasteiger partial charge < -0.3 is 15.8 Å². The molecule has 3 N–H and O–H groups in total. The van der Waals surface area contributed by atoms with Crippen molar-refractivity contribution in [1.82, 2.24) is 10.2 Å². The van der Waals surface area contributed by atoms with Gasteiger partial charge in [-0.3, -0.25) is 9.69 Å². The number of hydrogen-bond donors (Lipinski definition) is 2. The second-order valence-corrected chi connectivity index (χ2v) is 5.69. The van der Waals surface area contributed by atoms with Crippen molar-refractivity contribution in [2.45, 2.75) is 31.5 Å². The van der Waals surface area contributed by atoms with E-state index in [0.29, 0.717) is 38.0 Å². The number of carbonyl (C=O) groups is 1. The summed E-state index contributed by atoms with van der Waals surface area (Å²) in [7, 11) is 0. The third kappa shape index (κ3) is 3.51. The third-order valence-electron chi connectivity index (χ3n) is 3.95. The number of nitrogens with one attached hydrogen (secondary N) is 1. The van der Waals surface area contributed by atoms with Crippen LogP contribution in [0.4, 0.5) is 10.1 Å². The van der Waals surface area contributed by atoms with Gasteiger partial charge in [-0.25, -0.2) is 4.39 Å². The number of ether oxygens (including phenoxy) is 1. The number of amides is 1. The minimum atomic E-state index is -0.346. The van der Waals surface area contributed by atoms with Crippen molar-refractivity contribution in [1.29, 1.82) is 0 Å². The molecule has 1 aromatic rings. The molecule has 21 heavy (non-hydrogen) atoms. The van der Waals surface area contributed by atoms with Gasteiger partial charge in [-0.05, 0) is 30.5 Å². The molecule has 1 saturated heterocycles. The normalized spacial score (nSPS) is 23.0. The zero-order valence-electron chi connectivity index (χ0n) is 11.8. The number of nitrogens with zero attached hydrogens (tertiary/aromatic N) is 1. The third-order valence-corrected chi connectivity index (χ3v) is 3.95. The molecule has 2 aliphatic rings. The monoisotopic (exact) mass is 293 g/mol. The average Bonchev–Trinajstić information content (AvgIpc) is 3.26. The van der Waals surface area contributed by atoms with E-state index in [1.54, 1.807) is 6.07 Å². The highest BCUT2D eigenvalue weighted by molar-refractivity contribution is 5.82. The van der Waals surface area contributed by atoms with Crippen LogP contribution >= 0.6 is 0 Å². The van der Waals surface area contributed by atoms with E-state index in [1.165, 1.54) is 12.1 Å². The number of anilines is 1. The number of nitrogen functional groups attached to an aromatic ring is 1. The maximum atomic E-state index is 13.1. The van der Waals surface area contributed by atoms with Crippen molar-refractivity contribution in [3.63, 3.8) is 0 Å². The molecule has 2 fully saturated rings. The van der Waals surface area contributed by atoms with Crippen molar-refractivity contribution >= 4 is 11.6 Å².